The molecule has 4 aromatic rings. The number of amides is 1. The van der Waals surface area contributed by atoms with Crippen LogP contribution < -0.4 is 15.1 Å². The first kappa shape index (κ1) is 18.2. The van der Waals surface area contributed by atoms with Gasteiger partial charge in [-0.1, -0.05) is 18.2 Å². The molecule has 1 aliphatic rings. The lowest BCUT2D eigenvalue weighted by Gasteiger charge is -2.36. The quantitative estimate of drug-likeness (QED) is 0.550. The van der Waals surface area contributed by atoms with Gasteiger partial charge in [0.15, 0.2) is 0 Å². The first-order valence-corrected chi connectivity index (χ1v) is 10.0. The fourth-order valence-electron chi connectivity index (χ4n) is 3.80. The number of hydrogen-bond acceptors (Lipinski definition) is 5. The topological polar surface area (TPSA) is 77.2 Å². The highest BCUT2D eigenvalue weighted by Crippen LogP contribution is 2.21. The van der Waals surface area contributed by atoms with Crippen LogP contribution in [-0.2, 0) is 0 Å². The number of aromatic amines is 1. The lowest BCUT2D eigenvalue weighted by Crippen LogP contribution is -2.46. The van der Waals surface area contributed by atoms with Crippen LogP contribution in [0.25, 0.3) is 10.9 Å². The zero-order valence-corrected chi connectivity index (χ0v) is 16.5. The molecule has 0 saturated carbocycles. The van der Waals surface area contributed by atoms with Crippen LogP contribution in [0.4, 0.5) is 17.3 Å². The summed E-state index contributed by atoms with van der Waals surface area (Å²) in [6.07, 6.45) is 3.37. The number of piperazine rings is 1. The van der Waals surface area contributed by atoms with Gasteiger partial charge in [-0.25, -0.2) is 9.97 Å². The Bertz CT molecular complexity index is 1160. The van der Waals surface area contributed by atoms with Crippen molar-refractivity contribution in [3.8, 4) is 0 Å². The van der Waals surface area contributed by atoms with E-state index in [4.69, 9.17) is 0 Å². The van der Waals surface area contributed by atoms with Crippen LogP contribution in [0.5, 0.6) is 0 Å². The average Bonchev–Trinajstić information content (AvgIpc) is 3.28. The van der Waals surface area contributed by atoms with E-state index < -0.39 is 0 Å². The number of para-hydroxylation sites is 1. The third kappa shape index (κ3) is 3.69. The molecule has 5 rings (SSSR count). The maximum Gasteiger partial charge on any atom is 0.256 e. The van der Waals surface area contributed by atoms with Gasteiger partial charge in [0.05, 0.1) is 0 Å². The molecule has 0 spiro atoms. The van der Waals surface area contributed by atoms with Gasteiger partial charge in [0.1, 0.15) is 18.0 Å². The fraction of sp³-hybridized carbons (Fsp3) is 0.174. The van der Waals surface area contributed by atoms with E-state index in [9.17, 15) is 4.79 Å². The van der Waals surface area contributed by atoms with Crippen molar-refractivity contribution in [3.05, 3.63) is 78.8 Å². The summed E-state index contributed by atoms with van der Waals surface area (Å²) in [6.45, 7) is 3.58. The lowest BCUT2D eigenvalue weighted by molar-refractivity contribution is 0.102. The maximum atomic E-state index is 12.7. The molecule has 1 aliphatic heterocycles. The molecule has 0 radical (unpaired) electrons. The molecule has 0 unspecified atom stereocenters. The smallest absolute Gasteiger partial charge is 0.256 e. The molecule has 7 nitrogen and oxygen atoms in total. The summed E-state index contributed by atoms with van der Waals surface area (Å²) in [5.74, 6) is 1.15. The normalized spacial score (nSPS) is 14.1. The van der Waals surface area contributed by atoms with Gasteiger partial charge in [0.2, 0.25) is 0 Å². The summed E-state index contributed by atoms with van der Waals surface area (Å²) in [6, 6.07) is 19.8. The number of carbonyl (C=O) groups excluding carboxylic acids is 1. The Balaban J connectivity index is 1.26. The molecule has 1 fully saturated rings. The Morgan fingerprint density at radius 2 is 1.70 bits per heavy atom. The van der Waals surface area contributed by atoms with Gasteiger partial charge in [-0.05, 0) is 36.4 Å². The highest BCUT2D eigenvalue weighted by atomic mass is 16.1. The van der Waals surface area contributed by atoms with Crippen LogP contribution in [0.15, 0.2) is 73.2 Å². The van der Waals surface area contributed by atoms with Crippen molar-refractivity contribution in [3.63, 3.8) is 0 Å². The molecular formula is C23H22N6O. The Morgan fingerprint density at radius 1 is 0.900 bits per heavy atom. The number of hydrogen-bond donors (Lipinski definition) is 2. The van der Waals surface area contributed by atoms with Crippen LogP contribution in [0.2, 0.25) is 0 Å². The first-order valence-electron chi connectivity index (χ1n) is 10.0. The number of rotatable bonds is 4. The van der Waals surface area contributed by atoms with Crippen LogP contribution in [-0.4, -0.2) is 47.0 Å². The van der Waals surface area contributed by atoms with Crippen molar-refractivity contribution >= 4 is 34.1 Å². The fourth-order valence-corrected chi connectivity index (χ4v) is 3.80. The molecular weight excluding hydrogens is 376 g/mol. The minimum absolute atomic E-state index is 0.184. The Hall–Kier alpha value is -3.87. The Kier molecular flexibility index (Phi) is 4.77. The van der Waals surface area contributed by atoms with E-state index >= 15 is 0 Å². The SMILES string of the molecule is O=C(Nc1cc(N2CCN(c3ccccc3)CC2)ncn1)c1ccc2[nH]ccc2c1. The zero-order valence-electron chi connectivity index (χ0n) is 16.5. The summed E-state index contributed by atoms with van der Waals surface area (Å²) in [5.41, 5.74) is 2.84. The summed E-state index contributed by atoms with van der Waals surface area (Å²) in [4.78, 5) is 29.0. The van der Waals surface area contributed by atoms with Gasteiger partial charge in [0.25, 0.3) is 5.91 Å². The monoisotopic (exact) mass is 398 g/mol. The zero-order chi connectivity index (χ0) is 20.3. The van der Waals surface area contributed by atoms with Gasteiger partial charge in [-0.15, -0.1) is 0 Å². The highest BCUT2D eigenvalue weighted by Gasteiger charge is 2.19. The van der Waals surface area contributed by atoms with Crippen LogP contribution in [0.1, 0.15) is 10.4 Å². The van der Waals surface area contributed by atoms with Crippen molar-refractivity contribution in [1.29, 1.82) is 0 Å². The average molecular weight is 398 g/mol. The number of benzene rings is 2. The molecule has 0 atom stereocenters. The third-order valence-electron chi connectivity index (χ3n) is 5.43. The number of nitrogens with one attached hydrogen (secondary N) is 2. The molecule has 7 heteroatoms. The maximum absolute atomic E-state index is 12.7. The van der Waals surface area contributed by atoms with E-state index in [2.05, 4.69) is 54.3 Å². The molecule has 2 N–H and O–H groups in total. The van der Waals surface area contributed by atoms with Gasteiger partial charge in [-0.2, -0.15) is 0 Å². The van der Waals surface area contributed by atoms with E-state index in [0.29, 0.717) is 11.4 Å². The Labute approximate surface area is 174 Å². The number of nitrogens with zero attached hydrogens (tertiary/aromatic N) is 4. The van der Waals surface area contributed by atoms with Crippen molar-refractivity contribution in [2.24, 2.45) is 0 Å². The second-order valence-electron chi connectivity index (χ2n) is 7.30. The number of anilines is 3. The molecule has 0 aliphatic carbocycles. The number of fused-ring (bicyclic) bond motifs is 1. The summed E-state index contributed by atoms with van der Waals surface area (Å²) in [7, 11) is 0. The van der Waals surface area contributed by atoms with E-state index in [0.717, 1.165) is 42.9 Å². The minimum Gasteiger partial charge on any atom is -0.368 e. The van der Waals surface area contributed by atoms with Crippen molar-refractivity contribution in [1.82, 2.24) is 15.0 Å². The van der Waals surface area contributed by atoms with Crippen molar-refractivity contribution < 1.29 is 4.79 Å². The summed E-state index contributed by atoms with van der Waals surface area (Å²) in [5, 5.41) is 3.89. The highest BCUT2D eigenvalue weighted by molar-refractivity contribution is 6.05. The van der Waals surface area contributed by atoms with Crippen LogP contribution >= 0.6 is 0 Å². The van der Waals surface area contributed by atoms with E-state index in [1.54, 1.807) is 6.07 Å². The third-order valence-corrected chi connectivity index (χ3v) is 5.43. The van der Waals surface area contributed by atoms with E-state index in [1.807, 2.05) is 36.5 Å². The van der Waals surface area contributed by atoms with E-state index in [-0.39, 0.29) is 5.91 Å². The lowest BCUT2D eigenvalue weighted by atomic mass is 10.1. The van der Waals surface area contributed by atoms with Gasteiger partial charge in [0, 0.05) is 60.6 Å². The molecule has 150 valence electrons. The number of aromatic nitrogens is 3. The van der Waals surface area contributed by atoms with Gasteiger partial charge in [-0.3, -0.25) is 4.79 Å². The van der Waals surface area contributed by atoms with Crippen LogP contribution in [0.3, 0.4) is 0 Å². The van der Waals surface area contributed by atoms with Gasteiger partial charge < -0.3 is 20.1 Å². The molecule has 1 saturated heterocycles. The van der Waals surface area contributed by atoms with Gasteiger partial charge >= 0.3 is 0 Å². The summed E-state index contributed by atoms with van der Waals surface area (Å²) >= 11 is 0. The molecule has 30 heavy (non-hydrogen) atoms. The first-order chi connectivity index (χ1) is 14.8. The van der Waals surface area contributed by atoms with Crippen molar-refractivity contribution in [2.45, 2.75) is 0 Å². The standard InChI is InChI=1S/C23H22N6O/c30-23(18-6-7-20-17(14-18)8-9-24-20)27-21-15-22(26-16-25-21)29-12-10-28(11-13-29)19-4-2-1-3-5-19/h1-9,14-16,24H,10-13H2,(H,25,26,27,30). The van der Waals surface area contributed by atoms with Crippen molar-refractivity contribution in [2.75, 3.05) is 41.3 Å². The molecule has 1 amide bonds. The Morgan fingerprint density at radius 3 is 2.53 bits per heavy atom. The minimum atomic E-state index is -0.184. The predicted molar refractivity (Wildman–Crippen MR) is 119 cm³/mol. The second-order valence-corrected chi connectivity index (χ2v) is 7.30. The molecule has 2 aromatic heterocycles. The van der Waals surface area contributed by atoms with Crippen LogP contribution in [0, 0.1) is 0 Å². The largest absolute Gasteiger partial charge is 0.368 e. The molecule has 2 aromatic carbocycles. The molecule has 3 heterocycles. The van der Waals surface area contributed by atoms with E-state index in [1.165, 1.54) is 12.0 Å². The second kappa shape index (κ2) is 7.87. The summed E-state index contributed by atoms with van der Waals surface area (Å²) < 4.78 is 0. The number of carbonyl (C=O) groups is 1. The molecule has 0 bridgehead atoms. The number of H-pyrrole nitrogens is 1. The predicted octanol–water partition coefficient (Wildman–Crippen LogP) is 3.54.